The maximum atomic E-state index is 12.9. The van der Waals surface area contributed by atoms with Gasteiger partial charge in [-0.05, 0) is 57.2 Å². The van der Waals surface area contributed by atoms with Crippen LogP contribution >= 0.6 is 11.6 Å². The number of aromatic amines is 1. The monoisotopic (exact) mass is 519 g/mol. The standard InChI is InChI=1S/C27H30ClN7O2/c1-16(18-5-4-8-35(15-18)25(36)20-12-32-33-13-20)34-24-21-9-17(6-7-23(21)29-14-22(24)28)19-10-30-26(31-11-19)27(2,3)37/h6-7,9-14,16,18,37H,4-5,8,15H2,1-3H3,(H,29,34)(H,32,33)/t16?,18-/m0/s1. The van der Waals surface area contributed by atoms with Crippen LogP contribution < -0.4 is 5.32 Å². The Labute approximate surface area is 220 Å². The van der Waals surface area contributed by atoms with Gasteiger partial charge in [0.25, 0.3) is 5.91 Å². The fraction of sp³-hybridized carbons (Fsp3) is 0.370. The largest absolute Gasteiger partial charge is 0.382 e. The summed E-state index contributed by atoms with van der Waals surface area (Å²) in [6.07, 6.45) is 10.2. The van der Waals surface area contributed by atoms with Crippen LogP contribution in [0.2, 0.25) is 5.02 Å². The predicted molar refractivity (Wildman–Crippen MR) is 143 cm³/mol. The molecule has 4 heterocycles. The minimum absolute atomic E-state index is 0.000471. The first-order valence-corrected chi connectivity index (χ1v) is 12.8. The van der Waals surface area contributed by atoms with Crippen molar-refractivity contribution in [1.82, 2.24) is 30.0 Å². The Kier molecular flexibility index (Phi) is 6.83. The number of carbonyl (C=O) groups excluding carboxylic acids is 1. The highest BCUT2D eigenvalue weighted by molar-refractivity contribution is 6.34. The third-order valence-corrected chi connectivity index (χ3v) is 7.21. The number of anilines is 1. The van der Waals surface area contributed by atoms with Crippen molar-refractivity contribution in [2.24, 2.45) is 5.92 Å². The Bertz CT molecular complexity index is 1400. The normalized spacial score (nSPS) is 17.1. The predicted octanol–water partition coefficient (Wildman–Crippen LogP) is 4.65. The number of hydrogen-bond acceptors (Lipinski definition) is 7. The van der Waals surface area contributed by atoms with E-state index in [0.717, 1.165) is 47.1 Å². The molecule has 1 unspecified atom stereocenters. The molecule has 9 nitrogen and oxygen atoms in total. The number of benzene rings is 1. The second-order valence-electron chi connectivity index (χ2n) is 10.1. The number of nitrogens with zero attached hydrogens (tertiary/aromatic N) is 5. The summed E-state index contributed by atoms with van der Waals surface area (Å²) in [5, 5.41) is 21.8. The Balaban J connectivity index is 1.39. The summed E-state index contributed by atoms with van der Waals surface area (Å²) < 4.78 is 0. The lowest BCUT2D eigenvalue weighted by Crippen LogP contribution is -2.44. The van der Waals surface area contributed by atoms with Crippen LogP contribution in [0.1, 0.15) is 49.8 Å². The second-order valence-corrected chi connectivity index (χ2v) is 10.5. The molecule has 1 fully saturated rings. The van der Waals surface area contributed by atoms with Crippen molar-refractivity contribution < 1.29 is 9.90 Å². The van der Waals surface area contributed by atoms with Crippen molar-refractivity contribution >= 4 is 34.1 Å². The summed E-state index contributed by atoms with van der Waals surface area (Å²) in [6.45, 7) is 6.85. The third-order valence-electron chi connectivity index (χ3n) is 6.92. The number of rotatable bonds is 6. The minimum Gasteiger partial charge on any atom is -0.382 e. The first-order valence-electron chi connectivity index (χ1n) is 12.4. The molecule has 1 aliphatic heterocycles. The summed E-state index contributed by atoms with van der Waals surface area (Å²) in [6, 6.07) is 6.02. The number of aliphatic hydroxyl groups is 1. The highest BCUT2D eigenvalue weighted by atomic mass is 35.5. The van der Waals surface area contributed by atoms with Crippen LogP contribution in [0.3, 0.4) is 0 Å². The summed E-state index contributed by atoms with van der Waals surface area (Å²) in [7, 11) is 0. The summed E-state index contributed by atoms with van der Waals surface area (Å²) in [4.78, 5) is 27.9. The molecule has 0 spiro atoms. The van der Waals surface area contributed by atoms with Gasteiger partial charge in [0.05, 0.1) is 28.0 Å². The number of amides is 1. The van der Waals surface area contributed by atoms with E-state index < -0.39 is 5.60 Å². The molecule has 10 heteroatoms. The van der Waals surface area contributed by atoms with Gasteiger partial charge in [0.2, 0.25) is 0 Å². The summed E-state index contributed by atoms with van der Waals surface area (Å²) >= 11 is 6.65. The van der Waals surface area contributed by atoms with E-state index in [4.69, 9.17) is 11.6 Å². The molecule has 1 saturated heterocycles. The van der Waals surface area contributed by atoms with Gasteiger partial charge >= 0.3 is 0 Å². The fourth-order valence-corrected chi connectivity index (χ4v) is 4.99. The SMILES string of the molecule is CC(Nc1c(Cl)cnc2ccc(-c3cnc(C(C)(C)O)nc3)cc12)[C@H]1CCCN(C(=O)c2cn[nH]c2)C1. The van der Waals surface area contributed by atoms with Crippen molar-refractivity contribution in [3.8, 4) is 11.1 Å². The third kappa shape index (κ3) is 5.28. The Morgan fingerprint density at radius 2 is 1.97 bits per heavy atom. The molecule has 5 rings (SSSR count). The topological polar surface area (TPSA) is 120 Å². The number of fused-ring (bicyclic) bond motifs is 1. The molecule has 1 amide bonds. The number of likely N-dealkylation sites (tertiary alicyclic amines) is 1. The van der Waals surface area contributed by atoms with E-state index in [1.807, 2.05) is 23.1 Å². The van der Waals surface area contributed by atoms with Crippen molar-refractivity contribution in [3.63, 3.8) is 0 Å². The molecule has 4 aromatic rings. The zero-order chi connectivity index (χ0) is 26.2. The van der Waals surface area contributed by atoms with Gasteiger partial charge in [0, 0.05) is 54.9 Å². The van der Waals surface area contributed by atoms with E-state index in [9.17, 15) is 9.90 Å². The fourth-order valence-electron chi connectivity index (χ4n) is 4.79. The number of piperidine rings is 1. The molecule has 0 radical (unpaired) electrons. The number of halogens is 1. The molecule has 2 atom stereocenters. The van der Waals surface area contributed by atoms with E-state index in [0.29, 0.717) is 23.0 Å². The molecule has 0 aliphatic carbocycles. The van der Waals surface area contributed by atoms with E-state index in [1.165, 1.54) is 0 Å². The molecule has 3 aromatic heterocycles. The Morgan fingerprint density at radius 1 is 1.19 bits per heavy atom. The molecular formula is C27H30ClN7O2. The van der Waals surface area contributed by atoms with Crippen LogP contribution in [0.5, 0.6) is 0 Å². The lowest BCUT2D eigenvalue weighted by atomic mass is 9.91. The van der Waals surface area contributed by atoms with Gasteiger partial charge in [-0.3, -0.25) is 14.9 Å². The van der Waals surface area contributed by atoms with E-state index in [1.54, 1.807) is 44.8 Å². The lowest BCUT2D eigenvalue weighted by Gasteiger charge is -2.36. The first kappa shape index (κ1) is 25.1. The highest BCUT2D eigenvalue weighted by Gasteiger charge is 2.29. The van der Waals surface area contributed by atoms with Gasteiger partial charge in [-0.2, -0.15) is 5.10 Å². The molecule has 37 heavy (non-hydrogen) atoms. The quantitative estimate of drug-likeness (QED) is 0.339. The molecular weight excluding hydrogens is 490 g/mol. The van der Waals surface area contributed by atoms with Gasteiger partial charge < -0.3 is 15.3 Å². The molecule has 1 aromatic carbocycles. The number of nitrogens with one attached hydrogen (secondary N) is 2. The zero-order valence-electron chi connectivity index (χ0n) is 21.1. The summed E-state index contributed by atoms with van der Waals surface area (Å²) in [5.41, 5.74) is 2.85. The van der Waals surface area contributed by atoms with Crippen LogP contribution in [0.4, 0.5) is 5.69 Å². The molecule has 0 saturated carbocycles. The van der Waals surface area contributed by atoms with Gasteiger partial charge in [-0.1, -0.05) is 17.7 Å². The van der Waals surface area contributed by atoms with Crippen molar-refractivity contribution in [1.29, 1.82) is 0 Å². The zero-order valence-corrected chi connectivity index (χ0v) is 21.8. The molecule has 192 valence electrons. The molecule has 0 bridgehead atoms. The number of hydrogen-bond donors (Lipinski definition) is 3. The first-order chi connectivity index (χ1) is 17.7. The second kappa shape index (κ2) is 10.1. The Hall–Kier alpha value is -3.56. The van der Waals surface area contributed by atoms with Crippen molar-refractivity contribution in [2.75, 3.05) is 18.4 Å². The maximum Gasteiger partial charge on any atom is 0.257 e. The lowest BCUT2D eigenvalue weighted by molar-refractivity contribution is 0.0663. The van der Waals surface area contributed by atoms with Gasteiger partial charge in [0.15, 0.2) is 5.82 Å². The molecule has 1 aliphatic rings. The van der Waals surface area contributed by atoms with Crippen LogP contribution in [-0.4, -0.2) is 60.2 Å². The van der Waals surface area contributed by atoms with Crippen LogP contribution in [0.25, 0.3) is 22.0 Å². The van der Waals surface area contributed by atoms with Gasteiger partial charge in [0.1, 0.15) is 5.60 Å². The van der Waals surface area contributed by atoms with Crippen molar-refractivity contribution in [3.05, 3.63) is 65.6 Å². The Morgan fingerprint density at radius 3 is 2.68 bits per heavy atom. The number of aromatic nitrogens is 5. The van der Waals surface area contributed by atoms with Crippen LogP contribution in [0.15, 0.2) is 49.2 Å². The van der Waals surface area contributed by atoms with Crippen LogP contribution in [0, 0.1) is 5.92 Å². The number of carbonyl (C=O) groups is 1. The molecule has 3 N–H and O–H groups in total. The average molecular weight is 520 g/mol. The van der Waals surface area contributed by atoms with E-state index in [-0.39, 0.29) is 17.9 Å². The van der Waals surface area contributed by atoms with E-state index >= 15 is 0 Å². The smallest absolute Gasteiger partial charge is 0.257 e. The maximum absolute atomic E-state index is 12.9. The van der Waals surface area contributed by atoms with Gasteiger partial charge in [-0.15, -0.1) is 0 Å². The average Bonchev–Trinajstić information content (AvgIpc) is 3.44. The minimum atomic E-state index is -1.11. The number of pyridine rings is 1. The summed E-state index contributed by atoms with van der Waals surface area (Å²) in [5.74, 6) is 0.626. The van der Waals surface area contributed by atoms with Crippen LogP contribution in [-0.2, 0) is 5.60 Å². The number of H-pyrrole nitrogens is 1. The highest BCUT2D eigenvalue weighted by Crippen LogP contribution is 2.35. The van der Waals surface area contributed by atoms with Gasteiger partial charge in [-0.25, -0.2) is 9.97 Å². The van der Waals surface area contributed by atoms with E-state index in [2.05, 4.69) is 37.4 Å². The van der Waals surface area contributed by atoms with Crippen molar-refractivity contribution in [2.45, 2.75) is 45.3 Å².